The van der Waals surface area contributed by atoms with Gasteiger partial charge in [-0.3, -0.25) is 4.79 Å². The van der Waals surface area contributed by atoms with Crippen LogP contribution in [0.5, 0.6) is 0 Å². The van der Waals surface area contributed by atoms with Crippen molar-refractivity contribution in [1.29, 1.82) is 0 Å². The molecule has 1 rings (SSSR count). The van der Waals surface area contributed by atoms with Crippen LogP contribution in [0, 0.1) is 16.2 Å². The van der Waals surface area contributed by atoms with Gasteiger partial charge in [-0.1, -0.05) is 32.4 Å². The van der Waals surface area contributed by atoms with Crippen molar-refractivity contribution in [2.45, 2.75) is 72.0 Å². The molecule has 0 aromatic heterocycles. The molecule has 1 aliphatic rings. The van der Waals surface area contributed by atoms with Crippen LogP contribution in [-0.2, 0) is 14.3 Å². The second-order valence-corrected chi connectivity index (χ2v) is 8.82. The van der Waals surface area contributed by atoms with E-state index < -0.39 is 59.5 Å². The summed E-state index contributed by atoms with van der Waals surface area (Å²) in [4.78, 5) is 12.8. The van der Waals surface area contributed by atoms with Crippen LogP contribution in [0.25, 0.3) is 0 Å². The molecule has 1 heterocycles. The van der Waals surface area contributed by atoms with Gasteiger partial charge in [-0.05, 0) is 32.6 Å². The molecule has 3 atom stereocenters. The van der Waals surface area contributed by atoms with E-state index in [9.17, 15) is 45.0 Å². The molecular formula is C19H26F8O4. The number of hydrogen-bond donors (Lipinski definition) is 1. The number of carbonyl (C=O) groups excluding carboxylic acids is 1. The van der Waals surface area contributed by atoms with E-state index in [1.165, 1.54) is 13.0 Å². The minimum absolute atomic E-state index is 0.333. The lowest BCUT2D eigenvalue weighted by atomic mass is 9.64. The molecule has 0 aliphatic carbocycles. The van der Waals surface area contributed by atoms with Crippen molar-refractivity contribution in [2.75, 3.05) is 13.2 Å². The Hall–Kier alpha value is -1.43. The minimum atomic E-state index is -6.24. The first-order valence-corrected chi connectivity index (χ1v) is 9.27. The van der Waals surface area contributed by atoms with Gasteiger partial charge in [-0.2, -0.15) is 35.1 Å². The van der Waals surface area contributed by atoms with Crippen molar-refractivity contribution in [3.8, 4) is 0 Å². The normalized spacial score (nSPS) is 28.7. The van der Waals surface area contributed by atoms with Gasteiger partial charge in [-0.15, -0.1) is 0 Å². The van der Waals surface area contributed by atoms with E-state index in [1.54, 1.807) is 34.6 Å². The third-order valence-corrected chi connectivity index (χ3v) is 6.22. The minimum Gasteiger partial charge on any atom is -0.464 e. The third kappa shape index (κ3) is 4.05. The zero-order valence-corrected chi connectivity index (χ0v) is 17.9. The number of esters is 1. The molecule has 0 saturated carbocycles. The molecule has 1 aliphatic heterocycles. The summed E-state index contributed by atoms with van der Waals surface area (Å²) in [7, 11) is 0. The van der Waals surface area contributed by atoms with Crippen LogP contribution < -0.4 is 0 Å². The Kier molecular flexibility index (Phi) is 7.00. The zero-order chi connectivity index (χ0) is 24.9. The SMILES string of the molecule is CCC(C)(C)C(C)(C=C(C)C)C(=O)OCC1(C(F)(F)F)COC(O)(C(F)(F)F)C1(F)F. The van der Waals surface area contributed by atoms with Crippen LogP contribution in [0.1, 0.15) is 48.0 Å². The first-order valence-electron chi connectivity index (χ1n) is 9.27. The predicted octanol–water partition coefficient (Wildman–Crippen LogP) is 5.40. The maximum absolute atomic E-state index is 14.5. The maximum Gasteiger partial charge on any atom is 0.449 e. The number of carbonyl (C=O) groups is 1. The number of alkyl halides is 8. The first kappa shape index (κ1) is 27.6. The highest BCUT2D eigenvalue weighted by molar-refractivity contribution is 5.80. The van der Waals surface area contributed by atoms with Gasteiger partial charge in [0.25, 0.3) is 0 Å². The van der Waals surface area contributed by atoms with Gasteiger partial charge >= 0.3 is 30.0 Å². The standard InChI is InChI=1S/C19H26F8O4/c1-7-13(4,5)14(6,8-11(2)3)12(28)30-9-15(18(22,23)24)10-31-17(29,16(15,20)21)19(25,26)27/h8,29H,7,9-10H2,1-6H3. The topological polar surface area (TPSA) is 55.8 Å². The van der Waals surface area contributed by atoms with Crippen molar-refractivity contribution in [3.05, 3.63) is 11.6 Å². The average Bonchev–Trinajstić information content (AvgIpc) is 2.79. The number of rotatable bonds is 6. The summed E-state index contributed by atoms with van der Waals surface area (Å²) in [6.07, 6.45) is -10.5. The van der Waals surface area contributed by atoms with Crippen LogP contribution in [0.2, 0.25) is 0 Å². The molecule has 1 fully saturated rings. The van der Waals surface area contributed by atoms with Crippen LogP contribution in [0.3, 0.4) is 0 Å². The molecule has 0 radical (unpaired) electrons. The molecular weight excluding hydrogens is 444 g/mol. The Balaban J connectivity index is 3.46. The summed E-state index contributed by atoms with van der Waals surface area (Å²) in [6.45, 7) is 4.97. The van der Waals surface area contributed by atoms with Crippen LogP contribution in [-0.4, -0.2) is 48.4 Å². The lowest BCUT2D eigenvalue weighted by Gasteiger charge is -2.42. The molecule has 0 spiro atoms. The predicted molar refractivity (Wildman–Crippen MR) is 93.0 cm³/mol. The Labute approximate surface area is 174 Å². The molecule has 4 nitrogen and oxygen atoms in total. The van der Waals surface area contributed by atoms with Gasteiger partial charge in [0.15, 0.2) is 5.41 Å². The number of ether oxygens (including phenoxy) is 2. The van der Waals surface area contributed by atoms with E-state index in [-0.39, 0.29) is 0 Å². The molecule has 12 heteroatoms. The van der Waals surface area contributed by atoms with Gasteiger partial charge in [0.1, 0.15) is 6.61 Å². The number of hydrogen-bond acceptors (Lipinski definition) is 4. The van der Waals surface area contributed by atoms with Crippen LogP contribution in [0.4, 0.5) is 35.1 Å². The van der Waals surface area contributed by atoms with Gasteiger partial charge in [-0.25, -0.2) is 0 Å². The highest BCUT2D eigenvalue weighted by Crippen LogP contribution is 2.62. The smallest absolute Gasteiger partial charge is 0.449 e. The highest BCUT2D eigenvalue weighted by Gasteiger charge is 2.88. The van der Waals surface area contributed by atoms with Crippen LogP contribution in [0.15, 0.2) is 11.6 Å². The maximum atomic E-state index is 14.5. The Bertz CT molecular complexity index is 723. The van der Waals surface area contributed by atoms with E-state index in [2.05, 4.69) is 9.47 Å². The summed E-state index contributed by atoms with van der Waals surface area (Å²) < 4.78 is 117. The molecule has 31 heavy (non-hydrogen) atoms. The Morgan fingerprint density at radius 2 is 1.55 bits per heavy atom. The molecule has 0 aromatic carbocycles. The van der Waals surface area contributed by atoms with Gasteiger partial charge < -0.3 is 14.6 Å². The van der Waals surface area contributed by atoms with Gasteiger partial charge in [0.2, 0.25) is 0 Å². The van der Waals surface area contributed by atoms with E-state index in [1.807, 2.05) is 0 Å². The van der Waals surface area contributed by atoms with Gasteiger partial charge in [0, 0.05) is 0 Å². The summed E-state index contributed by atoms with van der Waals surface area (Å²) in [6, 6.07) is 0. The zero-order valence-electron chi connectivity index (χ0n) is 17.9. The summed E-state index contributed by atoms with van der Waals surface area (Å²) in [5, 5.41) is 9.32. The van der Waals surface area contributed by atoms with Crippen molar-refractivity contribution in [1.82, 2.24) is 0 Å². The second kappa shape index (κ2) is 7.86. The Morgan fingerprint density at radius 1 is 1.06 bits per heavy atom. The number of allylic oxidation sites excluding steroid dienone is 1. The summed E-state index contributed by atoms with van der Waals surface area (Å²) in [5.74, 6) is -12.6. The fourth-order valence-corrected chi connectivity index (χ4v) is 3.28. The molecule has 1 N–H and O–H groups in total. The average molecular weight is 470 g/mol. The van der Waals surface area contributed by atoms with E-state index in [0.29, 0.717) is 12.0 Å². The van der Waals surface area contributed by atoms with E-state index >= 15 is 0 Å². The largest absolute Gasteiger partial charge is 0.464 e. The quantitative estimate of drug-likeness (QED) is 0.321. The number of halogens is 8. The first-order chi connectivity index (χ1) is 13.6. The van der Waals surface area contributed by atoms with Crippen molar-refractivity contribution < 1.29 is 54.5 Å². The van der Waals surface area contributed by atoms with Gasteiger partial charge in [0.05, 0.1) is 12.0 Å². The molecule has 182 valence electrons. The fourth-order valence-electron chi connectivity index (χ4n) is 3.28. The van der Waals surface area contributed by atoms with E-state index in [0.717, 1.165) is 0 Å². The second-order valence-electron chi connectivity index (χ2n) is 8.82. The van der Waals surface area contributed by atoms with Crippen LogP contribution >= 0.6 is 0 Å². The van der Waals surface area contributed by atoms with Crippen molar-refractivity contribution in [3.63, 3.8) is 0 Å². The molecule has 0 aromatic rings. The number of aliphatic hydroxyl groups is 1. The molecule has 0 bridgehead atoms. The lowest BCUT2D eigenvalue weighted by Crippen LogP contribution is -2.65. The van der Waals surface area contributed by atoms with E-state index in [4.69, 9.17) is 0 Å². The van der Waals surface area contributed by atoms with Crippen molar-refractivity contribution >= 4 is 5.97 Å². The fraction of sp³-hybridized carbons (Fsp3) is 0.842. The lowest BCUT2D eigenvalue weighted by molar-refractivity contribution is -0.418. The monoisotopic (exact) mass is 470 g/mol. The summed E-state index contributed by atoms with van der Waals surface area (Å²) >= 11 is 0. The Morgan fingerprint density at radius 3 is 1.87 bits per heavy atom. The summed E-state index contributed by atoms with van der Waals surface area (Å²) in [5.41, 5.74) is -6.52. The molecule has 0 amide bonds. The third-order valence-electron chi connectivity index (χ3n) is 6.22. The highest BCUT2D eigenvalue weighted by atomic mass is 19.4. The molecule has 3 unspecified atom stereocenters. The van der Waals surface area contributed by atoms with Crippen molar-refractivity contribution in [2.24, 2.45) is 16.2 Å². The molecule has 1 saturated heterocycles.